The van der Waals surface area contributed by atoms with Crippen LogP contribution >= 0.6 is 36.4 Å². The van der Waals surface area contributed by atoms with Gasteiger partial charge in [0.05, 0.1) is 10.6 Å². The van der Waals surface area contributed by atoms with Crippen LogP contribution in [0.15, 0.2) is 18.2 Å². The van der Waals surface area contributed by atoms with E-state index in [2.05, 4.69) is 11.8 Å². The number of carbonyl (C=O) groups is 1. The van der Waals surface area contributed by atoms with Gasteiger partial charge in [-0.1, -0.05) is 18.5 Å². The minimum Gasteiger partial charge on any atom is -0.399 e. The maximum Gasteiger partial charge on any atom is 0.255 e. The van der Waals surface area contributed by atoms with E-state index >= 15 is 0 Å². The smallest absolute Gasteiger partial charge is 0.255 e. The quantitative estimate of drug-likeness (QED) is 0.808. The van der Waals surface area contributed by atoms with Crippen molar-refractivity contribution in [1.29, 1.82) is 0 Å². The van der Waals surface area contributed by atoms with E-state index in [0.717, 1.165) is 32.5 Å². The highest BCUT2D eigenvalue weighted by molar-refractivity contribution is 6.34. The van der Waals surface area contributed by atoms with Gasteiger partial charge in [-0.25, -0.2) is 0 Å². The summed E-state index contributed by atoms with van der Waals surface area (Å²) in [6.45, 7) is 5.47. The third kappa shape index (κ3) is 5.71. The van der Waals surface area contributed by atoms with Gasteiger partial charge in [0.25, 0.3) is 5.91 Å². The highest BCUT2D eigenvalue weighted by atomic mass is 35.5. The molecule has 1 saturated heterocycles. The van der Waals surface area contributed by atoms with Gasteiger partial charge in [-0.05, 0) is 44.0 Å². The summed E-state index contributed by atoms with van der Waals surface area (Å²) in [6, 6.07) is 5.35. The Morgan fingerprint density at radius 1 is 1.35 bits per heavy atom. The average molecular weight is 383 g/mol. The van der Waals surface area contributed by atoms with E-state index in [1.54, 1.807) is 18.2 Å². The first-order valence-electron chi connectivity index (χ1n) is 7.57. The molecule has 1 aliphatic heterocycles. The maximum atomic E-state index is 12.6. The van der Waals surface area contributed by atoms with Crippen LogP contribution in [0.3, 0.4) is 0 Å². The molecule has 0 saturated carbocycles. The van der Waals surface area contributed by atoms with Gasteiger partial charge in [0.15, 0.2) is 0 Å². The monoisotopic (exact) mass is 381 g/mol. The number of carbonyl (C=O) groups excluding carboxylic acids is 1. The SMILES string of the molecule is CCCN1CCC(N(C)C(=O)c2ccc(N)cc2Cl)CC1.Cl.Cl. The second-order valence-electron chi connectivity index (χ2n) is 5.73. The van der Waals surface area contributed by atoms with Gasteiger partial charge in [-0.15, -0.1) is 24.8 Å². The molecule has 1 amide bonds. The lowest BCUT2D eigenvalue weighted by molar-refractivity contribution is 0.0643. The lowest BCUT2D eigenvalue weighted by Crippen LogP contribution is -2.45. The van der Waals surface area contributed by atoms with Gasteiger partial charge < -0.3 is 15.5 Å². The van der Waals surface area contributed by atoms with E-state index in [1.165, 1.54) is 6.42 Å². The van der Waals surface area contributed by atoms with Crippen LogP contribution in [0.25, 0.3) is 0 Å². The molecule has 23 heavy (non-hydrogen) atoms. The van der Waals surface area contributed by atoms with Crippen LogP contribution in [0, 0.1) is 0 Å². The van der Waals surface area contributed by atoms with Gasteiger partial charge in [-0.3, -0.25) is 4.79 Å². The number of halogens is 3. The zero-order chi connectivity index (χ0) is 15.4. The molecule has 4 nitrogen and oxygen atoms in total. The second-order valence-corrected chi connectivity index (χ2v) is 6.14. The molecule has 2 rings (SSSR count). The Morgan fingerprint density at radius 3 is 2.48 bits per heavy atom. The minimum atomic E-state index is -0.0195. The standard InChI is InChI=1S/C16H24ClN3O.2ClH/c1-3-8-20-9-6-13(7-10-20)19(2)16(21)14-5-4-12(18)11-15(14)17;;/h4-5,11,13H,3,6-10,18H2,1-2H3;2*1H. The number of piperidine rings is 1. The molecule has 0 unspecified atom stereocenters. The average Bonchev–Trinajstić information content (AvgIpc) is 2.47. The van der Waals surface area contributed by atoms with Crippen LogP contribution in [0.2, 0.25) is 5.02 Å². The summed E-state index contributed by atoms with van der Waals surface area (Å²) in [5.41, 5.74) is 6.78. The molecule has 0 aliphatic carbocycles. The van der Waals surface area contributed by atoms with Gasteiger partial charge >= 0.3 is 0 Å². The highest BCUT2D eigenvalue weighted by Gasteiger charge is 2.26. The summed E-state index contributed by atoms with van der Waals surface area (Å²) in [4.78, 5) is 16.9. The molecular formula is C16H26Cl3N3O. The number of nitrogens with zero attached hydrogens (tertiary/aromatic N) is 2. The predicted octanol–water partition coefficient (Wildman–Crippen LogP) is 3.71. The van der Waals surface area contributed by atoms with Crippen molar-refractivity contribution in [3.8, 4) is 0 Å². The van der Waals surface area contributed by atoms with Crippen molar-refractivity contribution in [2.75, 3.05) is 32.4 Å². The predicted molar refractivity (Wildman–Crippen MR) is 102 cm³/mol. The molecule has 1 heterocycles. The van der Waals surface area contributed by atoms with Crippen LogP contribution < -0.4 is 5.73 Å². The molecule has 0 radical (unpaired) electrons. The van der Waals surface area contributed by atoms with Crippen LogP contribution in [0.1, 0.15) is 36.5 Å². The van der Waals surface area contributed by atoms with Crippen LogP contribution in [0.5, 0.6) is 0 Å². The Kier molecular flexibility index (Phi) is 9.94. The van der Waals surface area contributed by atoms with E-state index in [0.29, 0.717) is 22.3 Å². The molecule has 2 N–H and O–H groups in total. The largest absolute Gasteiger partial charge is 0.399 e. The summed E-state index contributed by atoms with van der Waals surface area (Å²) in [5.74, 6) is -0.0195. The fourth-order valence-corrected chi connectivity index (χ4v) is 3.18. The molecule has 0 spiro atoms. The van der Waals surface area contributed by atoms with Gasteiger partial charge in [0.2, 0.25) is 0 Å². The summed E-state index contributed by atoms with van der Waals surface area (Å²) in [7, 11) is 1.87. The number of hydrogen-bond acceptors (Lipinski definition) is 3. The Labute approximate surface area is 156 Å². The minimum absolute atomic E-state index is 0. The summed E-state index contributed by atoms with van der Waals surface area (Å²) in [5, 5.41) is 0.426. The normalized spacial score (nSPS) is 15.4. The lowest BCUT2D eigenvalue weighted by atomic mass is 10.0. The van der Waals surface area contributed by atoms with E-state index in [4.69, 9.17) is 17.3 Å². The first-order chi connectivity index (χ1) is 10.0. The molecule has 7 heteroatoms. The Morgan fingerprint density at radius 2 is 1.96 bits per heavy atom. The van der Waals surface area contributed by atoms with E-state index < -0.39 is 0 Å². The summed E-state index contributed by atoms with van der Waals surface area (Å²) in [6.07, 6.45) is 3.23. The zero-order valence-electron chi connectivity index (χ0n) is 13.6. The van der Waals surface area contributed by atoms with Crippen molar-refractivity contribution < 1.29 is 4.79 Å². The number of anilines is 1. The molecule has 132 valence electrons. The zero-order valence-corrected chi connectivity index (χ0v) is 16.0. The number of hydrogen-bond donors (Lipinski definition) is 1. The van der Waals surface area contributed by atoms with Gasteiger partial charge in [0.1, 0.15) is 0 Å². The van der Waals surface area contributed by atoms with Crippen LogP contribution in [-0.2, 0) is 0 Å². The van der Waals surface area contributed by atoms with Crippen molar-refractivity contribution in [3.63, 3.8) is 0 Å². The number of likely N-dealkylation sites (tertiary alicyclic amines) is 1. The first kappa shape index (κ1) is 22.3. The van der Waals surface area contributed by atoms with E-state index in [1.807, 2.05) is 11.9 Å². The number of nitrogen functional groups attached to an aromatic ring is 1. The van der Waals surface area contributed by atoms with Crippen molar-refractivity contribution in [2.45, 2.75) is 32.2 Å². The molecular weight excluding hydrogens is 357 g/mol. The highest BCUT2D eigenvalue weighted by Crippen LogP contribution is 2.23. The molecule has 0 bridgehead atoms. The molecule has 1 aromatic rings. The third-order valence-electron chi connectivity index (χ3n) is 4.19. The first-order valence-corrected chi connectivity index (χ1v) is 7.95. The second kappa shape index (κ2) is 10.2. The van der Waals surface area contributed by atoms with Crippen LogP contribution in [0.4, 0.5) is 5.69 Å². The molecule has 1 aromatic carbocycles. The number of benzene rings is 1. The van der Waals surface area contributed by atoms with Gasteiger partial charge in [-0.2, -0.15) is 0 Å². The van der Waals surface area contributed by atoms with Crippen molar-refractivity contribution in [3.05, 3.63) is 28.8 Å². The number of amides is 1. The maximum absolute atomic E-state index is 12.6. The molecule has 1 aliphatic rings. The topological polar surface area (TPSA) is 49.6 Å². The summed E-state index contributed by atoms with van der Waals surface area (Å²) >= 11 is 6.14. The van der Waals surface area contributed by atoms with E-state index in [-0.39, 0.29) is 30.7 Å². The van der Waals surface area contributed by atoms with Crippen molar-refractivity contribution in [2.24, 2.45) is 0 Å². The number of nitrogens with two attached hydrogens (primary N) is 1. The molecule has 0 atom stereocenters. The lowest BCUT2D eigenvalue weighted by Gasteiger charge is -2.36. The van der Waals surface area contributed by atoms with Gasteiger partial charge in [0, 0.05) is 31.9 Å². The fraction of sp³-hybridized carbons (Fsp3) is 0.562. The van der Waals surface area contributed by atoms with Crippen molar-refractivity contribution >= 4 is 48.0 Å². The van der Waals surface area contributed by atoms with Crippen LogP contribution in [-0.4, -0.2) is 48.4 Å². The summed E-state index contributed by atoms with van der Waals surface area (Å²) < 4.78 is 0. The molecule has 1 fully saturated rings. The Balaban J connectivity index is 0.00000242. The molecule has 0 aromatic heterocycles. The Hall–Kier alpha value is -0.680. The Bertz CT molecular complexity index is 505. The van der Waals surface area contributed by atoms with E-state index in [9.17, 15) is 4.79 Å². The van der Waals surface area contributed by atoms with Crippen molar-refractivity contribution in [1.82, 2.24) is 9.80 Å². The number of rotatable bonds is 4. The fourth-order valence-electron chi connectivity index (χ4n) is 2.91. The third-order valence-corrected chi connectivity index (χ3v) is 4.50.